The molecular weight excluding hydrogens is 348 g/mol. The molecule has 0 fully saturated rings. The van der Waals surface area contributed by atoms with Gasteiger partial charge in [-0.15, -0.1) is 11.3 Å². The van der Waals surface area contributed by atoms with E-state index in [4.69, 9.17) is 4.74 Å². The van der Waals surface area contributed by atoms with E-state index in [-0.39, 0.29) is 18.0 Å². The maximum absolute atomic E-state index is 12.9. The third-order valence-corrected chi connectivity index (χ3v) is 5.10. The lowest BCUT2D eigenvalue weighted by Gasteiger charge is -2.35. The molecule has 3 aromatic rings. The molecule has 0 bridgehead atoms. The van der Waals surface area contributed by atoms with E-state index >= 15 is 0 Å². The largest absolute Gasteiger partial charge is 0.497 e. The fourth-order valence-corrected chi connectivity index (χ4v) is 3.46. The van der Waals surface area contributed by atoms with E-state index in [0.29, 0.717) is 10.4 Å². The van der Waals surface area contributed by atoms with Crippen LogP contribution in [0, 0.1) is 0 Å². The second-order valence-corrected chi connectivity index (χ2v) is 8.06. The molecule has 2 heterocycles. The summed E-state index contributed by atoms with van der Waals surface area (Å²) < 4.78 is 5.26. The van der Waals surface area contributed by atoms with E-state index in [1.165, 1.54) is 11.3 Å². The molecule has 1 amide bonds. The third kappa shape index (κ3) is 3.65. The number of aromatic nitrogens is 1. The van der Waals surface area contributed by atoms with Gasteiger partial charge in [-0.1, -0.05) is 6.07 Å². The summed E-state index contributed by atoms with van der Waals surface area (Å²) >= 11 is 1.40. The number of fused-ring (bicyclic) bond motifs is 1. The van der Waals surface area contributed by atoms with E-state index in [1.807, 2.05) is 50.4 Å². The van der Waals surface area contributed by atoms with Crippen LogP contribution in [0.15, 0.2) is 46.6 Å². The molecule has 0 aliphatic heterocycles. The molecule has 0 atom stereocenters. The Morgan fingerprint density at radius 1 is 1.23 bits per heavy atom. The number of ether oxygens (including phenoxy) is 1. The molecule has 5 nitrogen and oxygen atoms in total. The van der Waals surface area contributed by atoms with Crippen LogP contribution in [0.4, 0.5) is 0 Å². The summed E-state index contributed by atoms with van der Waals surface area (Å²) in [6, 6.07) is 11.0. The predicted octanol–water partition coefficient (Wildman–Crippen LogP) is 4.04. The molecule has 0 saturated carbocycles. The molecule has 0 spiro atoms. The molecule has 0 unspecified atom stereocenters. The monoisotopic (exact) mass is 370 g/mol. The minimum absolute atomic E-state index is 0.0716. The molecule has 0 saturated heterocycles. The molecule has 6 heteroatoms. The van der Waals surface area contributed by atoms with Crippen LogP contribution >= 0.6 is 11.3 Å². The molecular formula is C20H22N2O3S. The minimum Gasteiger partial charge on any atom is -0.497 e. The number of H-pyrrole nitrogens is 1. The molecule has 26 heavy (non-hydrogen) atoms. The van der Waals surface area contributed by atoms with E-state index in [0.717, 1.165) is 16.7 Å². The number of methoxy groups -OCH3 is 1. The van der Waals surface area contributed by atoms with Crippen molar-refractivity contribution in [2.75, 3.05) is 7.11 Å². The van der Waals surface area contributed by atoms with Crippen molar-refractivity contribution in [3.8, 4) is 5.75 Å². The van der Waals surface area contributed by atoms with Gasteiger partial charge in [-0.05, 0) is 56.5 Å². The smallest absolute Gasteiger partial charge is 0.264 e. The Morgan fingerprint density at radius 2 is 2.00 bits per heavy atom. The van der Waals surface area contributed by atoms with Crippen molar-refractivity contribution in [3.63, 3.8) is 0 Å². The fraction of sp³-hybridized carbons (Fsp3) is 0.300. The number of carbonyl (C=O) groups is 1. The fourth-order valence-electron chi connectivity index (χ4n) is 2.79. The van der Waals surface area contributed by atoms with Crippen LogP contribution in [0.5, 0.6) is 5.75 Å². The second-order valence-electron chi connectivity index (χ2n) is 7.12. The van der Waals surface area contributed by atoms with Crippen molar-refractivity contribution in [2.24, 2.45) is 0 Å². The molecule has 1 aromatic carbocycles. The number of hydrogen-bond donors (Lipinski definition) is 1. The van der Waals surface area contributed by atoms with Gasteiger partial charge < -0.3 is 14.6 Å². The molecule has 3 rings (SSSR count). The van der Waals surface area contributed by atoms with Crippen LogP contribution in [-0.2, 0) is 6.54 Å². The topological polar surface area (TPSA) is 62.4 Å². The summed E-state index contributed by atoms with van der Waals surface area (Å²) in [4.78, 5) is 30.8. The highest BCUT2D eigenvalue weighted by Gasteiger charge is 2.28. The van der Waals surface area contributed by atoms with Crippen LogP contribution in [-0.4, -0.2) is 28.4 Å². The van der Waals surface area contributed by atoms with E-state index in [9.17, 15) is 9.59 Å². The summed E-state index contributed by atoms with van der Waals surface area (Å²) in [5, 5.41) is 2.75. The number of nitrogens with one attached hydrogen (secondary N) is 1. The van der Waals surface area contributed by atoms with E-state index in [1.54, 1.807) is 24.1 Å². The Morgan fingerprint density at radius 3 is 2.62 bits per heavy atom. The van der Waals surface area contributed by atoms with Crippen LogP contribution < -0.4 is 10.3 Å². The third-order valence-electron chi connectivity index (χ3n) is 4.24. The highest BCUT2D eigenvalue weighted by atomic mass is 32.1. The summed E-state index contributed by atoms with van der Waals surface area (Å²) in [5.74, 6) is 0.649. The zero-order valence-electron chi connectivity index (χ0n) is 15.3. The number of benzene rings is 1. The number of carbonyl (C=O) groups excluding carboxylic acids is 1. The number of aromatic amines is 1. The first kappa shape index (κ1) is 18.2. The van der Waals surface area contributed by atoms with Gasteiger partial charge in [0, 0.05) is 22.0 Å². The number of hydrogen-bond acceptors (Lipinski definition) is 4. The first-order valence-corrected chi connectivity index (χ1v) is 9.23. The number of rotatable bonds is 4. The zero-order chi connectivity index (χ0) is 18.9. The van der Waals surface area contributed by atoms with Crippen molar-refractivity contribution in [3.05, 3.63) is 62.6 Å². The van der Waals surface area contributed by atoms with Crippen LogP contribution in [0.3, 0.4) is 0 Å². The van der Waals surface area contributed by atoms with Crippen molar-refractivity contribution >= 4 is 28.1 Å². The van der Waals surface area contributed by atoms with Crippen molar-refractivity contribution in [2.45, 2.75) is 32.9 Å². The lowest BCUT2D eigenvalue weighted by molar-refractivity contribution is 0.0563. The predicted molar refractivity (Wildman–Crippen MR) is 105 cm³/mol. The Labute approximate surface area is 156 Å². The average Bonchev–Trinajstić information content (AvgIpc) is 3.12. The lowest BCUT2D eigenvalue weighted by Crippen LogP contribution is -2.45. The van der Waals surface area contributed by atoms with E-state index < -0.39 is 5.54 Å². The number of nitrogens with zero attached hydrogens (tertiary/aromatic N) is 1. The quantitative estimate of drug-likeness (QED) is 0.754. The van der Waals surface area contributed by atoms with Gasteiger partial charge in [0.05, 0.1) is 18.5 Å². The van der Waals surface area contributed by atoms with Crippen molar-refractivity contribution in [1.82, 2.24) is 9.88 Å². The SMILES string of the molecule is COc1ccc2[nH]c(=O)c(CN(C(=O)c3cccs3)C(C)(C)C)cc2c1. The summed E-state index contributed by atoms with van der Waals surface area (Å²) in [6.07, 6.45) is 0. The summed E-state index contributed by atoms with van der Waals surface area (Å²) in [7, 11) is 1.61. The Balaban J connectivity index is 2.02. The summed E-state index contributed by atoms with van der Waals surface area (Å²) in [6.45, 7) is 6.15. The minimum atomic E-state index is -0.420. The Hall–Kier alpha value is -2.60. The van der Waals surface area contributed by atoms with Crippen LogP contribution in [0.2, 0.25) is 0 Å². The maximum atomic E-state index is 12.9. The van der Waals surface area contributed by atoms with Gasteiger partial charge in [-0.2, -0.15) is 0 Å². The Bertz CT molecular complexity index is 984. The number of thiophene rings is 1. The molecule has 1 N–H and O–H groups in total. The number of pyridine rings is 1. The van der Waals surface area contributed by atoms with Crippen molar-refractivity contribution < 1.29 is 9.53 Å². The Kier molecular flexibility index (Phi) is 4.87. The second kappa shape index (κ2) is 6.96. The van der Waals surface area contributed by atoms with Gasteiger partial charge in [0.1, 0.15) is 5.75 Å². The van der Waals surface area contributed by atoms with Crippen LogP contribution in [0.1, 0.15) is 36.0 Å². The molecule has 0 aliphatic carbocycles. The first-order chi connectivity index (χ1) is 12.3. The molecule has 136 valence electrons. The number of amides is 1. The molecule has 0 radical (unpaired) electrons. The molecule has 2 aromatic heterocycles. The van der Waals surface area contributed by atoms with Gasteiger partial charge >= 0.3 is 0 Å². The van der Waals surface area contributed by atoms with Crippen LogP contribution in [0.25, 0.3) is 10.9 Å². The maximum Gasteiger partial charge on any atom is 0.264 e. The van der Waals surface area contributed by atoms with Gasteiger partial charge in [0.15, 0.2) is 0 Å². The van der Waals surface area contributed by atoms with E-state index in [2.05, 4.69) is 4.98 Å². The summed E-state index contributed by atoms with van der Waals surface area (Å²) in [5.41, 5.74) is 0.685. The first-order valence-electron chi connectivity index (χ1n) is 8.35. The van der Waals surface area contributed by atoms with Crippen molar-refractivity contribution in [1.29, 1.82) is 0 Å². The molecule has 0 aliphatic rings. The van der Waals surface area contributed by atoms with Gasteiger partial charge in [0.25, 0.3) is 11.5 Å². The lowest BCUT2D eigenvalue weighted by atomic mass is 10.0. The van der Waals surface area contributed by atoms with Gasteiger partial charge in [0.2, 0.25) is 0 Å². The normalized spacial score (nSPS) is 11.5. The van der Waals surface area contributed by atoms with Gasteiger partial charge in [-0.3, -0.25) is 9.59 Å². The standard InChI is InChI=1S/C20H22N2O3S/c1-20(2,3)22(19(24)17-6-5-9-26-17)12-14-10-13-11-15(25-4)7-8-16(13)21-18(14)23/h5-11H,12H2,1-4H3,(H,21,23). The average molecular weight is 370 g/mol. The zero-order valence-corrected chi connectivity index (χ0v) is 16.1. The highest BCUT2D eigenvalue weighted by molar-refractivity contribution is 7.12. The van der Waals surface area contributed by atoms with Gasteiger partial charge in [-0.25, -0.2) is 0 Å². The highest BCUT2D eigenvalue weighted by Crippen LogP contribution is 2.24.